The van der Waals surface area contributed by atoms with Crippen LogP contribution in [0, 0.1) is 0 Å². The molecular weight excluding hydrogens is 459 g/mol. The molecule has 0 bridgehead atoms. The molecule has 1 aromatic heterocycles. The van der Waals surface area contributed by atoms with E-state index in [2.05, 4.69) is 15.3 Å². The number of aromatic nitrogens is 2. The monoisotopic (exact) mass is 475 g/mol. The summed E-state index contributed by atoms with van der Waals surface area (Å²) in [4.78, 5) is 41.0. The van der Waals surface area contributed by atoms with Crippen molar-refractivity contribution in [1.29, 1.82) is 0 Å². The zero-order valence-electron chi connectivity index (χ0n) is 15.1. The number of rotatable bonds is 3. The second-order valence-corrected chi connectivity index (χ2v) is 9.86. The zero-order valence-corrected chi connectivity index (χ0v) is 17.5. The van der Waals surface area contributed by atoms with E-state index in [0.29, 0.717) is 10.8 Å². The van der Waals surface area contributed by atoms with Crippen molar-refractivity contribution < 1.29 is 28.7 Å². The Bertz CT molecular complexity index is 1010. The number of benzene rings is 1. The average Bonchev–Trinajstić information content (AvgIpc) is 3.21. The van der Waals surface area contributed by atoms with Gasteiger partial charge in [0.05, 0.1) is 6.33 Å². The molecule has 0 aliphatic carbocycles. The Balaban J connectivity index is 1.48. The van der Waals surface area contributed by atoms with E-state index in [1.54, 1.807) is 17.0 Å². The highest BCUT2D eigenvalue weighted by Gasteiger charge is 2.61. The van der Waals surface area contributed by atoms with Crippen LogP contribution in [0.1, 0.15) is 0 Å². The molecule has 14 heteroatoms. The van der Waals surface area contributed by atoms with Crippen LogP contribution in [-0.4, -0.2) is 61.5 Å². The number of thioether (sulfide) groups is 1. The summed E-state index contributed by atoms with van der Waals surface area (Å²) in [5.74, 6) is 0.294. The van der Waals surface area contributed by atoms with Gasteiger partial charge in [-0.15, -0.1) is 4.52 Å². The molecule has 1 aromatic carbocycles. The number of fused-ring (bicyclic) bond motifs is 2. The smallest absolute Gasteiger partial charge is 0.385 e. The molecule has 3 unspecified atom stereocenters. The molecule has 0 saturated carbocycles. The molecule has 2 fully saturated rings. The predicted molar refractivity (Wildman–Crippen MR) is 109 cm³/mol. The molecule has 4 heterocycles. The summed E-state index contributed by atoms with van der Waals surface area (Å²) < 4.78 is 16.0. The average molecular weight is 476 g/mol. The lowest BCUT2D eigenvalue weighted by atomic mass is 10.1. The van der Waals surface area contributed by atoms with E-state index in [0.717, 1.165) is 4.90 Å². The van der Waals surface area contributed by atoms with Gasteiger partial charge in [-0.2, -0.15) is 14.3 Å². The van der Waals surface area contributed by atoms with Crippen LogP contribution in [0.15, 0.2) is 40.3 Å². The van der Waals surface area contributed by atoms with Crippen molar-refractivity contribution >= 4 is 43.0 Å². The molecule has 0 spiro atoms. The minimum Gasteiger partial charge on any atom is -0.385 e. The first kappa shape index (κ1) is 20.4. The Morgan fingerprint density at radius 1 is 1.30 bits per heavy atom. The van der Waals surface area contributed by atoms with Crippen LogP contribution in [0.3, 0.4) is 0 Å². The third kappa shape index (κ3) is 3.58. The van der Waals surface area contributed by atoms with Crippen molar-refractivity contribution in [2.45, 2.75) is 34.9 Å². The van der Waals surface area contributed by atoms with Crippen LogP contribution in [0.25, 0.3) is 0 Å². The first-order valence-electron chi connectivity index (χ1n) is 8.88. The van der Waals surface area contributed by atoms with Gasteiger partial charge in [-0.1, -0.05) is 23.4 Å². The summed E-state index contributed by atoms with van der Waals surface area (Å²) in [6, 6.07) is 7.14. The Kier molecular flexibility index (Phi) is 5.17. The Morgan fingerprint density at radius 2 is 2.07 bits per heavy atom. The number of aliphatic hydroxyl groups is 1. The number of aromatic amines is 1. The summed E-state index contributed by atoms with van der Waals surface area (Å²) in [5.41, 5.74) is -0.692. The Morgan fingerprint density at radius 3 is 2.83 bits per heavy atom. The molecule has 3 aliphatic rings. The van der Waals surface area contributed by atoms with Gasteiger partial charge in [0.15, 0.2) is 23.6 Å². The maximum Gasteiger partial charge on any atom is 0.570 e. The van der Waals surface area contributed by atoms with E-state index in [9.17, 15) is 19.7 Å². The molecule has 5 rings (SSSR count). The highest BCUT2D eigenvalue weighted by molar-refractivity contribution is 8.00. The van der Waals surface area contributed by atoms with Gasteiger partial charge in [0.1, 0.15) is 24.5 Å². The van der Waals surface area contributed by atoms with Crippen LogP contribution in [0.2, 0.25) is 5.02 Å². The van der Waals surface area contributed by atoms with Crippen LogP contribution >= 0.6 is 31.5 Å². The predicted octanol–water partition coefficient (Wildman–Crippen LogP) is 0.894. The number of hydrogen-bond acceptors (Lipinski definition) is 11. The fourth-order valence-corrected chi connectivity index (χ4v) is 5.74. The van der Waals surface area contributed by atoms with Gasteiger partial charge in [0.25, 0.3) is 5.56 Å². The quantitative estimate of drug-likeness (QED) is 0.403. The first-order valence-corrected chi connectivity index (χ1v) is 11.7. The van der Waals surface area contributed by atoms with Crippen molar-refractivity contribution in [3.63, 3.8) is 0 Å². The van der Waals surface area contributed by atoms with Crippen LogP contribution in [0.5, 0.6) is 0 Å². The standard InChI is InChI=1S/C16H16ClN4O7PS/c17-7-1-3-8(4-2-7)30-16-20-10-13(18-6-19-14(10)23)21(16)15-11(22)12-9(27-15)5-26-29(24,25)28-12/h1-4,6,9,11-12,15-16,20,22,24-25H,5H2/p+1/t9?,11-,12?,15+,16?/m0/s1. The van der Waals surface area contributed by atoms with Crippen molar-refractivity contribution in [3.8, 4) is 0 Å². The summed E-state index contributed by atoms with van der Waals surface area (Å²) in [7, 11) is -4.01. The molecule has 160 valence electrons. The van der Waals surface area contributed by atoms with Crippen molar-refractivity contribution in [1.82, 2.24) is 9.97 Å². The maximum absolute atomic E-state index is 12.3. The van der Waals surface area contributed by atoms with Gasteiger partial charge >= 0.3 is 8.17 Å². The van der Waals surface area contributed by atoms with Crippen molar-refractivity contribution in [2.75, 3.05) is 16.8 Å². The molecule has 3 aliphatic heterocycles. The lowest BCUT2D eigenvalue weighted by Gasteiger charge is -2.32. The minimum atomic E-state index is -4.01. The third-order valence-electron chi connectivity index (χ3n) is 4.91. The Hall–Kier alpha value is -1.47. The molecular formula is C16H17ClN4O7PS+. The molecule has 0 amide bonds. The van der Waals surface area contributed by atoms with Gasteiger partial charge in [-0.05, 0) is 24.3 Å². The van der Waals surface area contributed by atoms with E-state index in [1.165, 1.54) is 18.1 Å². The molecule has 5 atom stereocenters. The SMILES string of the molecule is O=c1[nH]cnc2c1NC(Sc1ccc(Cl)cc1)N2[C@@H]1OC2CO[P+](O)(O)OC2[C@@H]1O. The lowest BCUT2D eigenvalue weighted by Crippen LogP contribution is -2.49. The molecule has 5 N–H and O–H groups in total. The van der Waals surface area contributed by atoms with Gasteiger partial charge in [0.2, 0.25) is 0 Å². The second kappa shape index (κ2) is 7.59. The lowest BCUT2D eigenvalue weighted by molar-refractivity contribution is -0.0662. The topological polar surface area (TPSA) is 149 Å². The third-order valence-corrected chi connectivity index (χ3v) is 7.28. The number of H-pyrrole nitrogens is 1. The van der Waals surface area contributed by atoms with Crippen LogP contribution in [0.4, 0.5) is 11.5 Å². The van der Waals surface area contributed by atoms with Gasteiger partial charge < -0.3 is 20.1 Å². The van der Waals surface area contributed by atoms with Crippen molar-refractivity contribution in [2.24, 2.45) is 0 Å². The van der Waals surface area contributed by atoms with Crippen LogP contribution < -0.4 is 15.8 Å². The molecule has 0 radical (unpaired) electrons. The summed E-state index contributed by atoms with van der Waals surface area (Å²) in [6.45, 7) is -0.148. The van der Waals surface area contributed by atoms with E-state index >= 15 is 0 Å². The number of aliphatic hydroxyl groups excluding tert-OH is 1. The number of anilines is 2. The van der Waals surface area contributed by atoms with E-state index < -0.39 is 38.2 Å². The highest BCUT2D eigenvalue weighted by Crippen LogP contribution is 2.58. The number of nitrogens with zero attached hydrogens (tertiary/aromatic N) is 2. The second-order valence-electron chi connectivity index (χ2n) is 6.82. The first-order chi connectivity index (χ1) is 14.3. The summed E-state index contributed by atoms with van der Waals surface area (Å²) in [6.07, 6.45) is -2.68. The highest BCUT2D eigenvalue weighted by atomic mass is 35.5. The molecule has 11 nitrogen and oxygen atoms in total. The number of nitrogens with one attached hydrogen (secondary N) is 2. The van der Waals surface area contributed by atoms with E-state index in [1.807, 2.05) is 12.1 Å². The molecule has 2 saturated heterocycles. The zero-order chi connectivity index (χ0) is 21.0. The van der Waals surface area contributed by atoms with Gasteiger partial charge in [0, 0.05) is 9.92 Å². The molecule has 30 heavy (non-hydrogen) atoms. The van der Waals surface area contributed by atoms with E-state index in [4.69, 9.17) is 25.4 Å². The fraction of sp³-hybridized carbons (Fsp3) is 0.375. The van der Waals surface area contributed by atoms with Crippen molar-refractivity contribution in [3.05, 3.63) is 46.0 Å². The van der Waals surface area contributed by atoms with Crippen LogP contribution in [-0.2, 0) is 13.8 Å². The number of hydrogen-bond donors (Lipinski definition) is 5. The minimum absolute atomic E-state index is 0.148. The fourth-order valence-electron chi connectivity index (χ4n) is 3.58. The largest absolute Gasteiger partial charge is 0.570 e. The van der Waals surface area contributed by atoms with Gasteiger partial charge in [-0.25, -0.2) is 4.98 Å². The summed E-state index contributed by atoms with van der Waals surface area (Å²) >= 11 is 7.32. The van der Waals surface area contributed by atoms with Gasteiger partial charge in [-0.3, -0.25) is 9.69 Å². The number of halogens is 1. The molecule has 2 aromatic rings. The Labute approximate surface area is 179 Å². The maximum atomic E-state index is 12.3. The summed E-state index contributed by atoms with van der Waals surface area (Å²) in [5, 5.41) is 14.6. The van der Waals surface area contributed by atoms with E-state index in [-0.39, 0.29) is 17.9 Å². The normalized spacial score (nSPS) is 31.9. The number of ether oxygens (including phenoxy) is 1.